The standard InChI is InChI=1S/C31H32O9/c1-12-8-18-17(22(33)9-12)10-20-26(30(18)37)29(36)16-5-4-15(28(35)25(16)31(20)38)24-11-19(27(34)14(3)40-24)23-7-6-21(32)13(2)39-23/h4-5,8-10,13-14,19,21,23-24,27,32-35,37H,6-7,11H2,1-3H3/t13-,14-,19+,21-,23+,24-,27-/m1/s1. The third-order valence-electron chi connectivity index (χ3n) is 8.79. The molecule has 1 aliphatic carbocycles. The molecule has 0 aromatic heterocycles. The minimum Gasteiger partial charge on any atom is -0.507 e. The van der Waals surface area contributed by atoms with Crippen molar-refractivity contribution < 1.29 is 44.6 Å². The number of hydrogen-bond donors (Lipinski definition) is 5. The summed E-state index contributed by atoms with van der Waals surface area (Å²) in [6.07, 6.45) is -1.97. The highest BCUT2D eigenvalue weighted by Gasteiger charge is 2.44. The Morgan fingerprint density at radius 1 is 0.800 bits per heavy atom. The number of carbonyl (C=O) groups excluding carboxylic acids is 2. The number of carbonyl (C=O) groups is 2. The number of benzene rings is 3. The molecule has 5 N–H and O–H groups in total. The van der Waals surface area contributed by atoms with Gasteiger partial charge < -0.3 is 35.0 Å². The van der Waals surface area contributed by atoms with Crippen LogP contribution in [0.2, 0.25) is 0 Å². The molecule has 40 heavy (non-hydrogen) atoms. The molecule has 3 aromatic rings. The molecule has 2 saturated heterocycles. The van der Waals surface area contributed by atoms with Gasteiger partial charge in [-0.05, 0) is 69.9 Å². The molecule has 7 atom stereocenters. The van der Waals surface area contributed by atoms with Crippen molar-refractivity contribution in [1.82, 2.24) is 0 Å². The predicted molar refractivity (Wildman–Crippen MR) is 144 cm³/mol. The van der Waals surface area contributed by atoms with Crippen LogP contribution < -0.4 is 0 Å². The molecule has 9 heteroatoms. The number of hydrogen-bond acceptors (Lipinski definition) is 9. The lowest BCUT2D eigenvalue weighted by molar-refractivity contribution is -0.198. The van der Waals surface area contributed by atoms with Crippen LogP contribution in [-0.2, 0) is 9.47 Å². The Balaban J connectivity index is 1.40. The van der Waals surface area contributed by atoms with Crippen molar-refractivity contribution in [2.24, 2.45) is 5.92 Å². The van der Waals surface area contributed by atoms with E-state index in [0.29, 0.717) is 30.4 Å². The molecular weight excluding hydrogens is 516 g/mol. The van der Waals surface area contributed by atoms with Crippen LogP contribution in [0.25, 0.3) is 10.8 Å². The summed E-state index contributed by atoms with van der Waals surface area (Å²) in [4.78, 5) is 27.3. The number of phenolic OH excluding ortho intramolecular Hbond substituents is 3. The number of aryl methyl sites for hydroxylation is 1. The van der Waals surface area contributed by atoms with Gasteiger partial charge in [0.2, 0.25) is 0 Å². The maximum Gasteiger partial charge on any atom is 0.198 e. The number of rotatable bonds is 2. The Hall–Kier alpha value is -3.50. The fraction of sp³-hybridized carbons (Fsp3) is 0.419. The number of fused-ring (bicyclic) bond motifs is 3. The van der Waals surface area contributed by atoms with Gasteiger partial charge in [0.25, 0.3) is 0 Å². The maximum absolute atomic E-state index is 13.7. The first-order valence-electron chi connectivity index (χ1n) is 13.6. The highest BCUT2D eigenvalue weighted by atomic mass is 16.5. The summed E-state index contributed by atoms with van der Waals surface area (Å²) < 4.78 is 12.1. The second-order valence-corrected chi connectivity index (χ2v) is 11.4. The minimum atomic E-state index is -0.828. The van der Waals surface area contributed by atoms with Gasteiger partial charge in [0.1, 0.15) is 17.2 Å². The summed E-state index contributed by atoms with van der Waals surface area (Å²) in [5.41, 5.74) is 0.475. The predicted octanol–water partition coefficient (Wildman–Crippen LogP) is 3.80. The number of aliphatic hydroxyl groups is 2. The number of ketones is 2. The molecule has 210 valence electrons. The van der Waals surface area contributed by atoms with Crippen molar-refractivity contribution in [2.75, 3.05) is 0 Å². The topological polar surface area (TPSA) is 154 Å². The molecule has 0 saturated carbocycles. The molecule has 0 bridgehead atoms. The van der Waals surface area contributed by atoms with E-state index in [-0.39, 0.29) is 56.9 Å². The van der Waals surface area contributed by atoms with Gasteiger partial charge in [-0.3, -0.25) is 9.59 Å². The van der Waals surface area contributed by atoms with E-state index in [9.17, 15) is 35.1 Å². The van der Waals surface area contributed by atoms with E-state index in [4.69, 9.17) is 9.47 Å². The van der Waals surface area contributed by atoms with E-state index in [1.165, 1.54) is 18.2 Å². The minimum absolute atomic E-state index is 0.0378. The third kappa shape index (κ3) is 3.99. The molecule has 9 nitrogen and oxygen atoms in total. The van der Waals surface area contributed by atoms with Gasteiger partial charge in [-0.15, -0.1) is 0 Å². The van der Waals surface area contributed by atoms with Crippen LogP contribution in [0.4, 0.5) is 0 Å². The second-order valence-electron chi connectivity index (χ2n) is 11.4. The van der Waals surface area contributed by atoms with E-state index < -0.39 is 47.5 Å². The second kappa shape index (κ2) is 9.55. The van der Waals surface area contributed by atoms with E-state index in [0.717, 1.165) is 0 Å². The summed E-state index contributed by atoms with van der Waals surface area (Å²) in [6.45, 7) is 5.26. The Labute approximate surface area is 230 Å². The van der Waals surface area contributed by atoms with Crippen LogP contribution >= 0.6 is 0 Å². The fourth-order valence-corrected chi connectivity index (χ4v) is 6.59. The average molecular weight is 549 g/mol. The lowest BCUT2D eigenvalue weighted by atomic mass is 9.77. The molecule has 2 heterocycles. The largest absolute Gasteiger partial charge is 0.507 e. The van der Waals surface area contributed by atoms with Crippen LogP contribution in [0.3, 0.4) is 0 Å². The summed E-state index contributed by atoms with van der Waals surface area (Å²) in [7, 11) is 0. The zero-order valence-electron chi connectivity index (χ0n) is 22.4. The first-order valence-corrected chi connectivity index (χ1v) is 13.6. The van der Waals surface area contributed by atoms with Crippen molar-refractivity contribution in [3.05, 3.63) is 63.7 Å². The van der Waals surface area contributed by atoms with Gasteiger partial charge in [0.05, 0.1) is 47.8 Å². The van der Waals surface area contributed by atoms with Gasteiger partial charge in [0.15, 0.2) is 11.6 Å². The van der Waals surface area contributed by atoms with Crippen molar-refractivity contribution in [2.45, 2.75) is 76.7 Å². The van der Waals surface area contributed by atoms with E-state index in [1.807, 2.05) is 0 Å². The number of aromatic hydroxyl groups is 3. The van der Waals surface area contributed by atoms with Crippen LogP contribution in [0.15, 0.2) is 30.3 Å². The Kier molecular flexibility index (Phi) is 6.38. The molecule has 0 spiro atoms. The Morgan fingerprint density at radius 2 is 1.50 bits per heavy atom. The number of ether oxygens (including phenoxy) is 2. The summed E-state index contributed by atoms with van der Waals surface area (Å²) in [5, 5.41) is 54.4. The normalized spacial score (nSPS) is 30.3. The van der Waals surface area contributed by atoms with Gasteiger partial charge >= 0.3 is 0 Å². The van der Waals surface area contributed by atoms with Crippen molar-refractivity contribution >= 4 is 22.3 Å². The van der Waals surface area contributed by atoms with Gasteiger partial charge in [-0.25, -0.2) is 0 Å². The lowest BCUT2D eigenvalue weighted by Crippen LogP contribution is -2.50. The fourth-order valence-electron chi connectivity index (χ4n) is 6.59. The first-order chi connectivity index (χ1) is 19.0. The van der Waals surface area contributed by atoms with Gasteiger partial charge in [-0.2, -0.15) is 0 Å². The summed E-state index contributed by atoms with van der Waals surface area (Å²) in [5.74, 6) is -2.53. The van der Waals surface area contributed by atoms with Gasteiger partial charge in [0, 0.05) is 33.4 Å². The van der Waals surface area contributed by atoms with E-state index in [1.54, 1.807) is 32.9 Å². The number of phenols is 3. The molecule has 2 aliphatic heterocycles. The molecule has 0 amide bonds. The molecule has 3 aliphatic rings. The highest BCUT2D eigenvalue weighted by molar-refractivity contribution is 6.32. The van der Waals surface area contributed by atoms with Crippen molar-refractivity contribution in [1.29, 1.82) is 0 Å². The van der Waals surface area contributed by atoms with Crippen LogP contribution in [0, 0.1) is 12.8 Å². The monoisotopic (exact) mass is 548 g/mol. The van der Waals surface area contributed by atoms with E-state index in [2.05, 4.69) is 0 Å². The van der Waals surface area contributed by atoms with Crippen molar-refractivity contribution in [3.63, 3.8) is 0 Å². The number of aliphatic hydroxyl groups excluding tert-OH is 2. The molecular formula is C31H32O9. The molecule has 0 unspecified atom stereocenters. The molecule has 2 fully saturated rings. The summed E-state index contributed by atoms with van der Waals surface area (Å²) >= 11 is 0. The smallest absolute Gasteiger partial charge is 0.198 e. The van der Waals surface area contributed by atoms with Crippen molar-refractivity contribution in [3.8, 4) is 17.2 Å². The third-order valence-corrected chi connectivity index (χ3v) is 8.79. The molecule has 0 radical (unpaired) electrons. The average Bonchev–Trinajstić information content (AvgIpc) is 2.90. The quantitative estimate of drug-likeness (QED) is 0.252. The Bertz CT molecular complexity index is 1560. The van der Waals surface area contributed by atoms with Gasteiger partial charge in [-0.1, -0.05) is 6.07 Å². The Morgan fingerprint density at radius 3 is 2.23 bits per heavy atom. The highest BCUT2D eigenvalue weighted by Crippen LogP contribution is 2.47. The van der Waals surface area contributed by atoms with Crippen LogP contribution in [-0.4, -0.2) is 67.6 Å². The zero-order chi connectivity index (χ0) is 28.6. The van der Waals surface area contributed by atoms with E-state index >= 15 is 0 Å². The molecule has 3 aromatic carbocycles. The van der Waals surface area contributed by atoms with Crippen LogP contribution in [0.1, 0.15) is 82.2 Å². The van der Waals surface area contributed by atoms with Crippen LogP contribution in [0.5, 0.6) is 17.2 Å². The zero-order valence-corrected chi connectivity index (χ0v) is 22.4. The molecule has 6 rings (SSSR count). The maximum atomic E-state index is 13.7. The lowest BCUT2D eigenvalue weighted by Gasteiger charge is -2.44. The first kappa shape index (κ1) is 26.7. The summed E-state index contributed by atoms with van der Waals surface area (Å²) in [6, 6.07) is 7.49. The SMILES string of the molecule is Cc1cc(O)c2cc3c(c(O)c2c1)C(=O)c1ccc([C@H]2C[C@@H]([C@@H]4CC[C@@H](O)[C@@H](C)O4)[C@H](O)[C@@H](C)O2)c(O)c1C3=O.